The number of carbonyl (C=O) groups is 2. The zero-order valence-electron chi connectivity index (χ0n) is 24.0. The van der Waals surface area contributed by atoms with Crippen LogP contribution in [-0.4, -0.2) is 55.3 Å². The Morgan fingerprint density at radius 3 is 2.37 bits per heavy atom. The number of carbonyl (C=O) groups excluding carboxylic acids is 2. The van der Waals surface area contributed by atoms with E-state index in [9.17, 15) is 19.7 Å². The van der Waals surface area contributed by atoms with Crippen molar-refractivity contribution in [1.29, 1.82) is 0 Å². The summed E-state index contributed by atoms with van der Waals surface area (Å²) in [6.07, 6.45) is 1.34. The van der Waals surface area contributed by atoms with Crippen molar-refractivity contribution in [1.82, 2.24) is 0 Å². The Balaban J connectivity index is 1.45. The van der Waals surface area contributed by atoms with Crippen LogP contribution in [0, 0.1) is 22.0 Å². The van der Waals surface area contributed by atoms with Gasteiger partial charge in [-0.1, -0.05) is 36.4 Å². The summed E-state index contributed by atoms with van der Waals surface area (Å²) in [6.45, 7) is 8.58. The van der Waals surface area contributed by atoms with Crippen molar-refractivity contribution in [3.8, 4) is 0 Å². The van der Waals surface area contributed by atoms with Gasteiger partial charge in [0.05, 0.1) is 37.4 Å². The number of methoxy groups -OCH3 is 1. The number of esters is 2. The van der Waals surface area contributed by atoms with Gasteiger partial charge in [-0.05, 0) is 50.8 Å². The first-order chi connectivity index (χ1) is 19.5. The minimum absolute atomic E-state index is 0.113. The van der Waals surface area contributed by atoms with Crippen LogP contribution in [0.3, 0.4) is 0 Å². The fourth-order valence-corrected chi connectivity index (χ4v) is 5.29. The molecule has 2 aromatic rings. The Bertz CT molecular complexity index is 1350. The van der Waals surface area contributed by atoms with Gasteiger partial charge in [0.2, 0.25) is 0 Å². The van der Waals surface area contributed by atoms with E-state index < -0.39 is 34.5 Å². The highest BCUT2D eigenvalue weighted by Crippen LogP contribution is 2.41. The number of allylic oxidation sites excluding steroid dienone is 1. The minimum atomic E-state index is -0.924. The Labute approximate surface area is 239 Å². The SMILES string of the molecule is COC(=O)C1C(C)=NC(C)=C(C(=O)OCCc2ccc(CC3COC(C)(C)OC3)cc2)C1c1cccc([N+](=O)[O-])c1. The summed E-state index contributed by atoms with van der Waals surface area (Å²) >= 11 is 0. The van der Waals surface area contributed by atoms with Gasteiger partial charge in [-0.2, -0.15) is 0 Å². The van der Waals surface area contributed by atoms with E-state index in [2.05, 4.69) is 17.1 Å². The second-order valence-electron chi connectivity index (χ2n) is 10.9. The average Bonchev–Trinajstić information content (AvgIpc) is 2.94. The summed E-state index contributed by atoms with van der Waals surface area (Å²) < 4.78 is 22.2. The molecule has 10 heteroatoms. The Hall–Kier alpha value is -3.89. The molecule has 0 spiro atoms. The molecule has 2 aliphatic rings. The molecule has 0 radical (unpaired) electrons. The van der Waals surface area contributed by atoms with Crippen LogP contribution >= 0.6 is 0 Å². The first kappa shape index (κ1) is 30.1. The van der Waals surface area contributed by atoms with E-state index >= 15 is 0 Å². The lowest BCUT2D eigenvalue weighted by Crippen LogP contribution is -2.39. The van der Waals surface area contributed by atoms with Crippen LogP contribution in [0.4, 0.5) is 5.69 Å². The third-order valence-corrected chi connectivity index (χ3v) is 7.45. The van der Waals surface area contributed by atoms with Gasteiger partial charge in [0.15, 0.2) is 5.79 Å². The Kier molecular flexibility index (Phi) is 9.35. The third-order valence-electron chi connectivity index (χ3n) is 7.45. The second kappa shape index (κ2) is 12.7. The Morgan fingerprint density at radius 1 is 1.07 bits per heavy atom. The van der Waals surface area contributed by atoms with Crippen LogP contribution in [0.5, 0.6) is 0 Å². The van der Waals surface area contributed by atoms with Crippen molar-refractivity contribution in [3.05, 3.63) is 86.6 Å². The highest BCUT2D eigenvalue weighted by atomic mass is 16.7. The Morgan fingerprint density at radius 2 is 1.73 bits per heavy atom. The van der Waals surface area contributed by atoms with Crippen molar-refractivity contribution in [2.75, 3.05) is 26.9 Å². The molecular formula is C31H36N2O8. The molecule has 1 fully saturated rings. The predicted octanol–water partition coefficient (Wildman–Crippen LogP) is 4.94. The smallest absolute Gasteiger partial charge is 0.336 e. The number of hydrogen-bond donors (Lipinski definition) is 0. The van der Waals surface area contributed by atoms with E-state index in [1.807, 2.05) is 26.0 Å². The lowest BCUT2D eigenvalue weighted by molar-refractivity contribution is -0.384. The number of nitro groups is 1. The number of nitrogens with zero attached hydrogens (tertiary/aromatic N) is 2. The summed E-state index contributed by atoms with van der Waals surface area (Å²) in [5.74, 6) is -3.22. The zero-order chi connectivity index (χ0) is 29.7. The molecule has 218 valence electrons. The van der Waals surface area contributed by atoms with E-state index in [-0.39, 0.29) is 17.9 Å². The maximum atomic E-state index is 13.4. The van der Waals surface area contributed by atoms with Gasteiger partial charge < -0.3 is 18.9 Å². The van der Waals surface area contributed by atoms with Crippen molar-refractivity contribution >= 4 is 23.3 Å². The summed E-state index contributed by atoms with van der Waals surface area (Å²) in [5.41, 5.74) is 3.50. The van der Waals surface area contributed by atoms with Crippen LogP contribution in [0.25, 0.3) is 0 Å². The largest absolute Gasteiger partial charge is 0.468 e. The summed E-state index contributed by atoms with van der Waals surface area (Å²) in [7, 11) is 1.26. The zero-order valence-corrected chi connectivity index (χ0v) is 24.0. The molecule has 0 amide bonds. The van der Waals surface area contributed by atoms with E-state index in [1.54, 1.807) is 19.9 Å². The van der Waals surface area contributed by atoms with Crippen LogP contribution in [0.1, 0.15) is 50.3 Å². The number of nitro benzene ring substituents is 1. The monoisotopic (exact) mass is 564 g/mol. The molecule has 0 aliphatic carbocycles. The molecule has 0 aromatic heterocycles. The van der Waals surface area contributed by atoms with Gasteiger partial charge in [-0.15, -0.1) is 0 Å². The molecule has 0 N–H and O–H groups in total. The normalized spacial score (nSPS) is 20.8. The molecule has 41 heavy (non-hydrogen) atoms. The molecule has 2 heterocycles. The summed E-state index contributed by atoms with van der Waals surface area (Å²) in [4.78, 5) is 41.6. The van der Waals surface area contributed by atoms with Gasteiger partial charge in [0.1, 0.15) is 5.92 Å². The van der Waals surface area contributed by atoms with Crippen molar-refractivity contribution in [2.45, 2.75) is 52.2 Å². The van der Waals surface area contributed by atoms with E-state index in [4.69, 9.17) is 18.9 Å². The standard InChI is InChI=1S/C31H36N2O8/c1-19-26(29(34)38-5)28(24-7-6-8-25(16-24)33(36)37)27(20(2)32-19)30(35)39-14-13-21-9-11-22(12-10-21)15-23-17-40-31(3,4)41-18-23/h6-12,16,23,26,28H,13-15,17-18H2,1-5H3. The van der Waals surface area contributed by atoms with Crippen molar-refractivity contribution in [3.63, 3.8) is 0 Å². The quantitative estimate of drug-likeness (QED) is 0.238. The van der Waals surface area contributed by atoms with E-state index in [1.165, 1.54) is 30.9 Å². The number of hydrogen-bond acceptors (Lipinski definition) is 9. The summed E-state index contributed by atoms with van der Waals surface area (Å²) in [6, 6.07) is 14.0. The molecule has 2 unspecified atom stereocenters. The van der Waals surface area contributed by atoms with Gasteiger partial charge in [-0.3, -0.25) is 19.9 Å². The minimum Gasteiger partial charge on any atom is -0.468 e. The van der Waals surface area contributed by atoms with Crippen molar-refractivity contribution < 1.29 is 33.5 Å². The van der Waals surface area contributed by atoms with E-state index in [0.717, 1.165) is 12.0 Å². The fraction of sp³-hybridized carbons (Fsp3) is 0.452. The van der Waals surface area contributed by atoms with Gasteiger partial charge in [0, 0.05) is 41.8 Å². The second-order valence-corrected chi connectivity index (χ2v) is 10.9. The van der Waals surface area contributed by atoms with Crippen molar-refractivity contribution in [2.24, 2.45) is 16.8 Å². The van der Waals surface area contributed by atoms with Crippen LogP contribution in [0.2, 0.25) is 0 Å². The topological polar surface area (TPSA) is 127 Å². The van der Waals surface area contributed by atoms with Crippen LogP contribution < -0.4 is 0 Å². The molecule has 2 aromatic carbocycles. The third kappa shape index (κ3) is 7.25. The number of ether oxygens (including phenoxy) is 4. The first-order valence-electron chi connectivity index (χ1n) is 13.6. The van der Waals surface area contributed by atoms with E-state index in [0.29, 0.717) is 42.5 Å². The number of non-ortho nitro benzene ring substituents is 1. The van der Waals surface area contributed by atoms with Gasteiger partial charge >= 0.3 is 11.9 Å². The molecular weight excluding hydrogens is 528 g/mol. The number of benzene rings is 2. The van der Waals surface area contributed by atoms with Gasteiger partial charge in [0.25, 0.3) is 5.69 Å². The highest BCUT2D eigenvalue weighted by molar-refractivity contribution is 6.07. The highest BCUT2D eigenvalue weighted by Gasteiger charge is 2.42. The molecule has 4 rings (SSSR count). The molecule has 10 nitrogen and oxygen atoms in total. The fourth-order valence-electron chi connectivity index (χ4n) is 5.29. The summed E-state index contributed by atoms with van der Waals surface area (Å²) in [5, 5.41) is 11.4. The number of aliphatic imine (C=N–C) groups is 1. The molecule has 1 saturated heterocycles. The number of rotatable bonds is 9. The molecule has 2 atom stereocenters. The molecule has 2 aliphatic heterocycles. The first-order valence-corrected chi connectivity index (χ1v) is 13.6. The van der Waals surface area contributed by atoms with Crippen LogP contribution in [-0.2, 0) is 41.4 Å². The van der Waals surface area contributed by atoms with Gasteiger partial charge in [-0.25, -0.2) is 4.79 Å². The lowest BCUT2D eigenvalue weighted by Gasteiger charge is -2.35. The maximum absolute atomic E-state index is 13.4. The molecule has 0 saturated carbocycles. The van der Waals surface area contributed by atoms with Crippen LogP contribution in [0.15, 0.2) is 64.8 Å². The lowest BCUT2D eigenvalue weighted by atomic mass is 9.75. The average molecular weight is 565 g/mol. The predicted molar refractivity (Wildman–Crippen MR) is 151 cm³/mol. The maximum Gasteiger partial charge on any atom is 0.336 e. The molecule has 0 bridgehead atoms.